The van der Waals surface area contributed by atoms with Crippen LogP contribution < -0.4 is 5.32 Å². The second-order valence-electron chi connectivity index (χ2n) is 5.87. The van der Waals surface area contributed by atoms with E-state index in [0.29, 0.717) is 0 Å². The number of hydrogen-bond acceptors (Lipinski definition) is 5. The average Bonchev–Trinajstić information content (AvgIpc) is 2.53. The van der Waals surface area contributed by atoms with Crippen molar-refractivity contribution >= 4 is 17.3 Å². The smallest absolute Gasteiger partial charge is 0.257 e. The fraction of sp³-hybridized carbons (Fsp3) is 0.600. The van der Waals surface area contributed by atoms with Gasteiger partial charge in [-0.1, -0.05) is 31.0 Å². The van der Waals surface area contributed by atoms with Crippen molar-refractivity contribution in [1.29, 1.82) is 0 Å². The molecule has 0 aromatic heterocycles. The molecule has 0 heterocycles. The van der Waals surface area contributed by atoms with Crippen molar-refractivity contribution in [2.75, 3.05) is 11.2 Å². The van der Waals surface area contributed by atoms with Gasteiger partial charge < -0.3 is 0 Å². The summed E-state index contributed by atoms with van der Waals surface area (Å²) in [6.45, 7) is 2.98. The number of nitro groups is 2. The molecule has 1 rings (SSSR count). The van der Waals surface area contributed by atoms with Gasteiger partial charge in [-0.25, -0.2) is 13.2 Å². The SMILES string of the molecule is CCCC(F)(C(F)(F)CCCl)C(Nc1ccc(C)cc1)([N+](=O)[O-])[N+](=O)[O-]. The Morgan fingerprint density at radius 3 is 1.96 bits per heavy atom. The Morgan fingerprint density at radius 1 is 1.08 bits per heavy atom. The van der Waals surface area contributed by atoms with Crippen molar-refractivity contribution in [2.45, 2.75) is 50.5 Å². The van der Waals surface area contributed by atoms with Crippen LogP contribution in [0, 0.1) is 27.2 Å². The zero-order valence-corrected chi connectivity index (χ0v) is 14.9. The Bertz CT molecular complexity index is 646. The summed E-state index contributed by atoms with van der Waals surface area (Å²) in [5.41, 5.74) is -3.64. The first-order chi connectivity index (χ1) is 12.0. The minimum atomic E-state index is -4.41. The molecule has 0 fully saturated rings. The molecule has 1 N–H and O–H groups in total. The lowest BCUT2D eigenvalue weighted by Crippen LogP contribution is -2.73. The number of hydrogen-bond donors (Lipinski definition) is 1. The highest BCUT2D eigenvalue weighted by Gasteiger charge is 2.83. The Morgan fingerprint density at radius 2 is 1.58 bits per heavy atom. The summed E-state index contributed by atoms with van der Waals surface area (Å²) in [5, 5.41) is 25.0. The highest BCUT2D eigenvalue weighted by atomic mass is 35.5. The number of benzene rings is 1. The fourth-order valence-corrected chi connectivity index (χ4v) is 2.90. The number of aryl methyl sites for hydroxylation is 1. The normalized spacial score (nSPS) is 14.5. The topological polar surface area (TPSA) is 98.3 Å². The molecule has 1 atom stereocenters. The van der Waals surface area contributed by atoms with E-state index in [1.807, 2.05) is 5.32 Å². The van der Waals surface area contributed by atoms with Crippen LogP contribution >= 0.6 is 11.6 Å². The minimum absolute atomic E-state index is 0.233. The average molecular weight is 398 g/mol. The van der Waals surface area contributed by atoms with Gasteiger partial charge in [0.1, 0.15) is 9.85 Å². The number of nitrogens with one attached hydrogen (secondary N) is 1. The van der Waals surface area contributed by atoms with E-state index in [1.165, 1.54) is 31.2 Å². The largest absolute Gasteiger partial charge is 0.581 e. The van der Waals surface area contributed by atoms with Crippen LogP contribution in [0.25, 0.3) is 0 Å². The number of nitrogens with zero attached hydrogens (tertiary/aromatic N) is 2. The molecule has 0 spiro atoms. The van der Waals surface area contributed by atoms with E-state index >= 15 is 4.39 Å². The molecule has 0 aliphatic carbocycles. The first kappa shape index (κ1) is 21.9. The quantitative estimate of drug-likeness (QED) is 0.273. The molecule has 146 valence electrons. The Hall–Kier alpha value is -2.10. The molecule has 0 saturated heterocycles. The first-order valence-corrected chi connectivity index (χ1v) is 8.28. The van der Waals surface area contributed by atoms with Gasteiger partial charge in [-0.05, 0) is 19.1 Å². The zero-order valence-electron chi connectivity index (χ0n) is 14.2. The van der Waals surface area contributed by atoms with E-state index in [2.05, 4.69) is 0 Å². The van der Waals surface area contributed by atoms with E-state index in [1.54, 1.807) is 6.92 Å². The van der Waals surface area contributed by atoms with Crippen LogP contribution in [0.5, 0.6) is 0 Å². The van der Waals surface area contributed by atoms with Gasteiger partial charge in [-0.3, -0.25) is 25.5 Å². The molecule has 1 aromatic carbocycles. The van der Waals surface area contributed by atoms with Crippen LogP contribution in [0.15, 0.2) is 24.3 Å². The molecule has 0 saturated carbocycles. The number of halogens is 4. The molecule has 0 radical (unpaired) electrons. The summed E-state index contributed by atoms with van der Waals surface area (Å²) in [4.78, 5) is 19.9. The lowest BCUT2D eigenvalue weighted by molar-refractivity contribution is -0.809. The van der Waals surface area contributed by atoms with Crippen LogP contribution in [0.3, 0.4) is 0 Å². The molecule has 26 heavy (non-hydrogen) atoms. The molecule has 11 heteroatoms. The summed E-state index contributed by atoms with van der Waals surface area (Å²) in [5.74, 6) is -9.13. The maximum atomic E-state index is 15.6. The lowest BCUT2D eigenvalue weighted by Gasteiger charge is -2.36. The second-order valence-corrected chi connectivity index (χ2v) is 6.25. The molecule has 1 aromatic rings. The lowest BCUT2D eigenvalue weighted by atomic mass is 9.83. The van der Waals surface area contributed by atoms with Gasteiger partial charge in [0.15, 0.2) is 0 Å². The molecule has 0 bridgehead atoms. The highest BCUT2D eigenvalue weighted by Crippen LogP contribution is 2.48. The molecular weight excluding hydrogens is 379 g/mol. The molecule has 0 amide bonds. The molecule has 7 nitrogen and oxygen atoms in total. The standard InChI is InChI=1S/C15H19ClF3N3O4/c1-3-8-13(17,14(18,19)9-10-16)15(21(23)24,22(25)26)20-12-6-4-11(2)5-7-12/h4-7,20H,3,8-10H2,1-2H3. The third-order valence-corrected chi connectivity index (χ3v) is 4.22. The van der Waals surface area contributed by atoms with Gasteiger partial charge in [-0.2, -0.15) is 0 Å². The summed E-state index contributed by atoms with van der Waals surface area (Å²) in [6, 6.07) is 5.32. The van der Waals surface area contributed by atoms with Gasteiger partial charge in [0.25, 0.3) is 5.92 Å². The van der Waals surface area contributed by atoms with Gasteiger partial charge >= 0.3 is 11.5 Å². The highest BCUT2D eigenvalue weighted by molar-refractivity contribution is 6.17. The summed E-state index contributed by atoms with van der Waals surface area (Å²) >= 11 is 5.27. The molecule has 0 aliphatic heterocycles. The van der Waals surface area contributed by atoms with Crippen molar-refractivity contribution in [3.05, 3.63) is 50.1 Å². The third kappa shape index (κ3) is 3.69. The van der Waals surface area contributed by atoms with Crippen molar-refractivity contribution in [2.24, 2.45) is 0 Å². The van der Waals surface area contributed by atoms with Gasteiger partial charge in [0.05, 0.1) is 0 Å². The van der Waals surface area contributed by atoms with Crippen LogP contribution in [0.2, 0.25) is 0 Å². The Balaban J connectivity index is 3.66. The van der Waals surface area contributed by atoms with Crippen LogP contribution in [0.1, 0.15) is 31.7 Å². The Labute approximate surface area is 152 Å². The number of alkyl halides is 4. The summed E-state index contributed by atoms with van der Waals surface area (Å²) in [7, 11) is 0. The monoisotopic (exact) mass is 397 g/mol. The van der Waals surface area contributed by atoms with Crippen molar-refractivity contribution in [3.8, 4) is 0 Å². The van der Waals surface area contributed by atoms with E-state index in [9.17, 15) is 29.0 Å². The molecular formula is C15H19ClF3N3O4. The maximum absolute atomic E-state index is 15.6. The van der Waals surface area contributed by atoms with Gasteiger partial charge in [-0.15, -0.1) is 11.6 Å². The zero-order chi connectivity index (χ0) is 20.2. The predicted octanol–water partition coefficient (Wildman–Crippen LogP) is 4.39. The first-order valence-electron chi connectivity index (χ1n) is 7.75. The Kier molecular flexibility index (Phi) is 6.81. The van der Waals surface area contributed by atoms with Crippen molar-refractivity contribution < 1.29 is 23.0 Å². The van der Waals surface area contributed by atoms with E-state index in [-0.39, 0.29) is 12.1 Å². The number of anilines is 1. The minimum Gasteiger partial charge on any atom is -0.257 e. The predicted molar refractivity (Wildman–Crippen MR) is 90.6 cm³/mol. The van der Waals surface area contributed by atoms with Crippen LogP contribution in [-0.4, -0.2) is 33.1 Å². The van der Waals surface area contributed by atoms with Crippen molar-refractivity contribution in [3.63, 3.8) is 0 Å². The van der Waals surface area contributed by atoms with Crippen LogP contribution in [-0.2, 0) is 0 Å². The molecule has 0 aliphatic rings. The number of rotatable bonds is 10. The van der Waals surface area contributed by atoms with E-state index in [4.69, 9.17) is 11.6 Å². The molecule has 1 unspecified atom stereocenters. The van der Waals surface area contributed by atoms with Crippen molar-refractivity contribution in [1.82, 2.24) is 0 Å². The van der Waals surface area contributed by atoms with E-state index < -0.39 is 45.9 Å². The van der Waals surface area contributed by atoms with E-state index in [0.717, 1.165) is 5.56 Å². The second kappa shape index (κ2) is 8.07. The van der Waals surface area contributed by atoms with Gasteiger partial charge in [0.2, 0.25) is 0 Å². The summed E-state index contributed by atoms with van der Waals surface area (Å²) in [6.07, 6.45) is -2.69. The van der Waals surface area contributed by atoms with Crippen LogP contribution in [0.4, 0.5) is 18.9 Å². The fourth-order valence-electron chi connectivity index (χ4n) is 2.66. The third-order valence-electron chi connectivity index (χ3n) is 4.03. The summed E-state index contributed by atoms with van der Waals surface area (Å²) < 4.78 is 44.7. The maximum Gasteiger partial charge on any atom is 0.581 e. The van der Waals surface area contributed by atoms with Gasteiger partial charge in [0, 0.05) is 24.4 Å².